The Hall–Kier alpha value is -1.06. The molecule has 0 aliphatic heterocycles. The summed E-state index contributed by atoms with van der Waals surface area (Å²) >= 11 is 0. The van der Waals surface area contributed by atoms with Crippen molar-refractivity contribution in [2.24, 2.45) is 5.92 Å². The van der Waals surface area contributed by atoms with Crippen LogP contribution in [0.1, 0.15) is 38.3 Å². The molecule has 0 unspecified atom stereocenters. The lowest BCUT2D eigenvalue weighted by Crippen LogP contribution is -2.30. The van der Waals surface area contributed by atoms with Crippen molar-refractivity contribution in [3.63, 3.8) is 0 Å². The first kappa shape index (κ1) is 15.0. The number of hydrogen-bond donors (Lipinski definition) is 1. The molecule has 0 saturated carbocycles. The molecule has 1 aromatic carbocycles. The monoisotopic (exact) mass is 252 g/mol. The first-order chi connectivity index (χ1) is 8.49. The Morgan fingerprint density at radius 2 is 1.83 bits per heavy atom. The van der Waals surface area contributed by atoms with Crippen LogP contribution in [-0.2, 0) is 21.7 Å². The van der Waals surface area contributed by atoms with Gasteiger partial charge in [-0.25, -0.2) is 0 Å². The van der Waals surface area contributed by atoms with Crippen molar-refractivity contribution < 1.29 is 14.6 Å². The SMILES string of the molecule is CCC(OC)(OC)c1ccc(CC(C)C)cc1O. The lowest BCUT2D eigenvalue weighted by Gasteiger charge is -2.30. The first-order valence-electron chi connectivity index (χ1n) is 6.41. The van der Waals surface area contributed by atoms with Gasteiger partial charge in [0.15, 0.2) is 5.79 Å². The van der Waals surface area contributed by atoms with Gasteiger partial charge in [0, 0.05) is 20.6 Å². The standard InChI is InChI=1S/C15H24O3/c1-6-15(17-4,18-5)13-8-7-12(9-11(2)3)10-14(13)16/h7-8,10-11,16H,6,9H2,1-5H3. The number of aromatic hydroxyl groups is 1. The van der Waals surface area contributed by atoms with Crippen molar-refractivity contribution in [3.8, 4) is 5.75 Å². The number of phenolic OH excluding ortho intramolecular Hbond substituents is 1. The van der Waals surface area contributed by atoms with Crippen LogP contribution < -0.4 is 0 Å². The molecule has 0 amide bonds. The smallest absolute Gasteiger partial charge is 0.197 e. The van der Waals surface area contributed by atoms with Gasteiger partial charge in [-0.15, -0.1) is 0 Å². The average Bonchev–Trinajstić information content (AvgIpc) is 2.33. The van der Waals surface area contributed by atoms with Gasteiger partial charge in [-0.3, -0.25) is 0 Å². The Morgan fingerprint density at radius 3 is 2.22 bits per heavy atom. The fourth-order valence-electron chi connectivity index (χ4n) is 2.28. The zero-order chi connectivity index (χ0) is 13.8. The highest BCUT2D eigenvalue weighted by molar-refractivity contribution is 5.39. The number of methoxy groups -OCH3 is 2. The number of phenols is 1. The van der Waals surface area contributed by atoms with Gasteiger partial charge >= 0.3 is 0 Å². The predicted octanol–water partition coefficient (Wildman–Crippen LogP) is 3.45. The first-order valence-corrected chi connectivity index (χ1v) is 6.41. The molecule has 0 fully saturated rings. The third-order valence-corrected chi connectivity index (χ3v) is 3.24. The third-order valence-electron chi connectivity index (χ3n) is 3.24. The van der Waals surface area contributed by atoms with Crippen LogP contribution in [-0.4, -0.2) is 19.3 Å². The van der Waals surface area contributed by atoms with Gasteiger partial charge in [-0.2, -0.15) is 0 Å². The van der Waals surface area contributed by atoms with Crippen LogP contribution in [0.5, 0.6) is 5.75 Å². The Balaban J connectivity index is 3.11. The van der Waals surface area contributed by atoms with Crippen LogP contribution in [0, 0.1) is 5.92 Å². The summed E-state index contributed by atoms with van der Waals surface area (Å²) in [5.41, 5.74) is 1.81. The summed E-state index contributed by atoms with van der Waals surface area (Å²) in [4.78, 5) is 0. The van der Waals surface area contributed by atoms with E-state index in [0.29, 0.717) is 17.9 Å². The molecule has 102 valence electrons. The lowest BCUT2D eigenvalue weighted by molar-refractivity contribution is -0.218. The Bertz CT molecular complexity index is 373. The molecule has 0 atom stereocenters. The molecule has 0 aromatic heterocycles. The minimum Gasteiger partial charge on any atom is -0.507 e. The van der Waals surface area contributed by atoms with Gasteiger partial charge in [-0.1, -0.05) is 26.8 Å². The van der Waals surface area contributed by atoms with E-state index < -0.39 is 5.79 Å². The molecule has 0 aliphatic rings. The van der Waals surface area contributed by atoms with Gasteiger partial charge in [-0.05, 0) is 30.0 Å². The fourth-order valence-corrected chi connectivity index (χ4v) is 2.28. The Morgan fingerprint density at radius 1 is 1.22 bits per heavy atom. The van der Waals surface area contributed by atoms with Crippen LogP contribution in [0.4, 0.5) is 0 Å². The van der Waals surface area contributed by atoms with Crippen LogP contribution in [0.15, 0.2) is 18.2 Å². The van der Waals surface area contributed by atoms with Gasteiger partial charge < -0.3 is 14.6 Å². The predicted molar refractivity (Wildman–Crippen MR) is 72.6 cm³/mol. The maximum atomic E-state index is 10.2. The molecule has 1 rings (SSSR count). The summed E-state index contributed by atoms with van der Waals surface area (Å²) < 4.78 is 10.9. The minimum atomic E-state index is -0.861. The van der Waals surface area contributed by atoms with E-state index in [2.05, 4.69) is 13.8 Å². The number of hydrogen-bond acceptors (Lipinski definition) is 3. The zero-order valence-electron chi connectivity index (χ0n) is 12.0. The van der Waals surface area contributed by atoms with Gasteiger partial charge in [0.2, 0.25) is 0 Å². The minimum absolute atomic E-state index is 0.235. The highest BCUT2D eigenvalue weighted by Gasteiger charge is 2.32. The fraction of sp³-hybridized carbons (Fsp3) is 0.600. The van der Waals surface area contributed by atoms with Crippen molar-refractivity contribution in [2.45, 2.75) is 39.4 Å². The maximum Gasteiger partial charge on any atom is 0.197 e. The maximum absolute atomic E-state index is 10.2. The molecule has 0 radical (unpaired) electrons. The van der Waals surface area contributed by atoms with Gasteiger partial charge in [0.1, 0.15) is 5.75 Å². The Labute approximate surface area is 110 Å². The molecule has 1 N–H and O–H groups in total. The van der Waals surface area contributed by atoms with E-state index in [0.717, 1.165) is 12.0 Å². The van der Waals surface area contributed by atoms with E-state index in [1.165, 1.54) is 0 Å². The second kappa shape index (κ2) is 6.21. The molecule has 3 nitrogen and oxygen atoms in total. The second-order valence-electron chi connectivity index (χ2n) is 4.96. The van der Waals surface area contributed by atoms with E-state index in [1.54, 1.807) is 20.3 Å². The van der Waals surface area contributed by atoms with Crippen molar-refractivity contribution in [1.29, 1.82) is 0 Å². The summed E-state index contributed by atoms with van der Waals surface area (Å²) in [6.45, 7) is 6.28. The molecular weight excluding hydrogens is 228 g/mol. The molecular formula is C15H24O3. The molecule has 3 heteroatoms. The summed E-state index contributed by atoms with van der Waals surface area (Å²) in [5.74, 6) is -0.0600. The van der Waals surface area contributed by atoms with Crippen LogP contribution >= 0.6 is 0 Å². The quantitative estimate of drug-likeness (QED) is 0.788. The van der Waals surface area contributed by atoms with Crippen molar-refractivity contribution >= 4 is 0 Å². The van der Waals surface area contributed by atoms with Gasteiger partial charge in [0.25, 0.3) is 0 Å². The van der Waals surface area contributed by atoms with E-state index in [9.17, 15) is 5.11 Å². The molecule has 0 heterocycles. The highest BCUT2D eigenvalue weighted by Crippen LogP contribution is 2.36. The third kappa shape index (κ3) is 3.03. The molecule has 1 aromatic rings. The lowest BCUT2D eigenvalue weighted by atomic mass is 9.96. The zero-order valence-corrected chi connectivity index (χ0v) is 12.0. The van der Waals surface area contributed by atoms with Crippen molar-refractivity contribution in [2.75, 3.05) is 14.2 Å². The second-order valence-corrected chi connectivity index (χ2v) is 4.96. The largest absolute Gasteiger partial charge is 0.507 e. The number of rotatable bonds is 6. The Kier molecular flexibility index (Phi) is 5.17. The normalized spacial score (nSPS) is 12.1. The van der Waals surface area contributed by atoms with E-state index >= 15 is 0 Å². The number of benzene rings is 1. The number of ether oxygens (including phenoxy) is 2. The molecule has 18 heavy (non-hydrogen) atoms. The van der Waals surface area contributed by atoms with E-state index in [1.807, 2.05) is 19.1 Å². The van der Waals surface area contributed by atoms with Crippen LogP contribution in [0.2, 0.25) is 0 Å². The molecule has 0 spiro atoms. The van der Waals surface area contributed by atoms with Crippen molar-refractivity contribution in [1.82, 2.24) is 0 Å². The highest BCUT2D eigenvalue weighted by atomic mass is 16.7. The topological polar surface area (TPSA) is 38.7 Å². The van der Waals surface area contributed by atoms with Gasteiger partial charge in [0.05, 0.1) is 5.56 Å². The average molecular weight is 252 g/mol. The summed E-state index contributed by atoms with van der Waals surface area (Å²) in [6.07, 6.45) is 1.59. The summed E-state index contributed by atoms with van der Waals surface area (Å²) in [7, 11) is 3.18. The summed E-state index contributed by atoms with van der Waals surface area (Å²) in [6, 6.07) is 5.72. The molecule has 0 bridgehead atoms. The molecule has 0 aliphatic carbocycles. The van der Waals surface area contributed by atoms with Crippen LogP contribution in [0.3, 0.4) is 0 Å². The van der Waals surface area contributed by atoms with Crippen LogP contribution in [0.25, 0.3) is 0 Å². The summed E-state index contributed by atoms with van der Waals surface area (Å²) in [5, 5.41) is 10.2. The molecule has 0 saturated heterocycles. The van der Waals surface area contributed by atoms with E-state index in [-0.39, 0.29) is 5.75 Å². The van der Waals surface area contributed by atoms with E-state index in [4.69, 9.17) is 9.47 Å². The van der Waals surface area contributed by atoms with Crippen molar-refractivity contribution in [3.05, 3.63) is 29.3 Å².